The number of benzene rings is 3. The van der Waals surface area contributed by atoms with Crippen molar-refractivity contribution in [3.8, 4) is 11.1 Å². The molecular weight excluding hydrogens is 463 g/mol. The number of nitrogens with one attached hydrogen (secondary N) is 1. The molecule has 184 valence electrons. The Balaban J connectivity index is 1.78. The number of carbonyl (C=O) groups excluding carboxylic acids is 1. The summed E-state index contributed by atoms with van der Waals surface area (Å²) in [6, 6.07) is 25.5. The fourth-order valence-corrected chi connectivity index (χ4v) is 5.52. The van der Waals surface area contributed by atoms with Gasteiger partial charge < -0.3 is 21.1 Å². The second kappa shape index (κ2) is 11.9. The topological polar surface area (TPSA) is 130 Å². The third kappa shape index (κ3) is 7.62. The van der Waals surface area contributed by atoms with Crippen LogP contribution in [0.15, 0.2) is 84.9 Å². The van der Waals surface area contributed by atoms with Crippen LogP contribution in [0, 0.1) is 5.92 Å². The Hall–Kier alpha value is -3.25. The highest BCUT2D eigenvalue weighted by Gasteiger charge is 2.35. The molecule has 3 aromatic carbocycles. The molecule has 0 bridgehead atoms. The van der Waals surface area contributed by atoms with E-state index in [0.29, 0.717) is 0 Å². The van der Waals surface area contributed by atoms with Gasteiger partial charge in [0.25, 0.3) is 0 Å². The predicted molar refractivity (Wildman–Crippen MR) is 137 cm³/mol. The molecule has 0 radical (unpaired) electrons. The monoisotopic (exact) mass is 494 g/mol. The van der Waals surface area contributed by atoms with Crippen molar-refractivity contribution >= 4 is 19.2 Å². The first-order valence-electron chi connectivity index (χ1n) is 11.4. The van der Waals surface area contributed by atoms with E-state index in [1.165, 1.54) is 6.92 Å². The number of amides is 1. The summed E-state index contributed by atoms with van der Waals surface area (Å²) in [6.45, 7) is 1.35. The molecule has 0 spiro atoms. The molecule has 3 aromatic rings. The van der Waals surface area contributed by atoms with Crippen molar-refractivity contribution in [2.45, 2.75) is 31.6 Å². The van der Waals surface area contributed by atoms with Gasteiger partial charge >= 0.3 is 5.97 Å². The van der Waals surface area contributed by atoms with Gasteiger partial charge in [0, 0.05) is 6.16 Å². The first-order chi connectivity index (χ1) is 16.7. The Morgan fingerprint density at radius 2 is 1.37 bits per heavy atom. The van der Waals surface area contributed by atoms with Gasteiger partial charge in [-0.2, -0.15) is 0 Å². The Morgan fingerprint density at radius 1 is 0.857 bits per heavy atom. The summed E-state index contributed by atoms with van der Waals surface area (Å²) in [5, 5.41) is 11.6. The fourth-order valence-electron chi connectivity index (χ4n) is 3.83. The Kier molecular flexibility index (Phi) is 8.99. The molecule has 8 heteroatoms. The van der Waals surface area contributed by atoms with E-state index in [9.17, 15) is 24.2 Å². The minimum Gasteiger partial charge on any atom is -0.480 e. The first kappa shape index (κ1) is 26.4. The Labute approximate surface area is 205 Å². The second-order valence-electron chi connectivity index (χ2n) is 8.73. The third-order valence-electron chi connectivity index (χ3n) is 5.93. The van der Waals surface area contributed by atoms with Gasteiger partial charge in [-0.15, -0.1) is 0 Å². The molecule has 3 rings (SSSR count). The van der Waals surface area contributed by atoms with Gasteiger partial charge in [0.1, 0.15) is 6.04 Å². The van der Waals surface area contributed by atoms with Crippen LogP contribution in [0.3, 0.4) is 0 Å². The molecule has 0 aliphatic rings. The molecule has 1 unspecified atom stereocenters. The van der Waals surface area contributed by atoms with Gasteiger partial charge in [0.15, 0.2) is 0 Å². The summed E-state index contributed by atoms with van der Waals surface area (Å²) < 4.78 is 13.2. The number of rotatable bonds is 11. The van der Waals surface area contributed by atoms with E-state index >= 15 is 0 Å². The van der Waals surface area contributed by atoms with Gasteiger partial charge in [-0.25, -0.2) is 0 Å². The van der Waals surface area contributed by atoms with E-state index in [-0.39, 0.29) is 19.0 Å². The standard InChI is InChI=1S/C27H31N2O5P/c1-19(27(31)32)29-26(30)24(18-35(33,34)25(28)17-20-8-4-2-5-9-20)16-21-12-14-23(15-13-21)22-10-6-3-7-11-22/h2-15,19,24-25H,16-18,28H2,1H3,(H,29,30)(H,31,32)(H,33,34)/t19-,24+,25-/m0/s1. The van der Waals surface area contributed by atoms with Crippen LogP contribution < -0.4 is 11.1 Å². The zero-order valence-corrected chi connectivity index (χ0v) is 20.5. The highest BCUT2D eigenvalue weighted by Crippen LogP contribution is 2.47. The normalized spacial score (nSPS) is 15.4. The van der Waals surface area contributed by atoms with Crippen molar-refractivity contribution in [3.05, 3.63) is 96.1 Å². The van der Waals surface area contributed by atoms with Gasteiger partial charge in [-0.1, -0.05) is 84.9 Å². The third-order valence-corrected chi connectivity index (χ3v) is 8.11. The summed E-state index contributed by atoms with van der Waals surface area (Å²) >= 11 is 0. The SMILES string of the molecule is C[C@H](NC(=O)[C@H](Cc1ccc(-c2ccccc2)cc1)CP(=O)(O)[C@H](N)Cc1ccccc1)C(=O)O. The average molecular weight is 495 g/mol. The van der Waals surface area contributed by atoms with Gasteiger partial charge in [0.05, 0.1) is 11.7 Å². The first-order valence-corrected chi connectivity index (χ1v) is 13.4. The highest BCUT2D eigenvalue weighted by molar-refractivity contribution is 7.58. The number of carbonyl (C=O) groups is 2. The van der Waals surface area contributed by atoms with E-state index < -0.39 is 37.0 Å². The lowest BCUT2D eigenvalue weighted by Gasteiger charge is -2.25. The van der Waals surface area contributed by atoms with Crippen LogP contribution in [0.4, 0.5) is 0 Å². The number of nitrogens with two attached hydrogens (primary N) is 1. The van der Waals surface area contributed by atoms with Crippen LogP contribution in [0.5, 0.6) is 0 Å². The van der Waals surface area contributed by atoms with Crippen molar-refractivity contribution in [3.63, 3.8) is 0 Å². The number of hydrogen-bond donors (Lipinski definition) is 4. The van der Waals surface area contributed by atoms with Gasteiger partial charge in [0.2, 0.25) is 13.3 Å². The molecule has 0 aliphatic heterocycles. The van der Waals surface area contributed by atoms with Crippen LogP contribution in [-0.4, -0.2) is 39.9 Å². The van der Waals surface area contributed by atoms with E-state index in [4.69, 9.17) is 5.73 Å². The fraction of sp³-hybridized carbons (Fsp3) is 0.259. The molecule has 0 fully saturated rings. The lowest BCUT2D eigenvalue weighted by molar-refractivity contribution is -0.141. The molecule has 0 heterocycles. The number of hydrogen-bond acceptors (Lipinski definition) is 4. The van der Waals surface area contributed by atoms with Crippen LogP contribution in [0.25, 0.3) is 11.1 Å². The van der Waals surface area contributed by atoms with Gasteiger partial charge in [-0.3, -0.25) is 14.2 Å². The van der Waals surface area contributed by atoms with Crippen molar-refractivity contribution in [2.75, 3.05) is 6.16 Å². The van der Waals surface area contributed by atoms with E-state index in [1.54, 1.807) is 0 Å². The molecule has 4 atom stereocenters. The summed E-state index contributed by atoms with van der Waals surface area (Å²) in [5.41, 5.74) is 9.80. The maximum absolute atomic E-state index is 13.2. The molecule has 35 heavy (non-hydrogen) atoms. The molecule has 1 amide bonds. The molecule has 0 aliphatic carbocycles. The molecule has 0 aromatic heterocycles. The molecule has 0 saturated carbocycles. The molecule has 5 N–H and O–H groups in total. The highest BCUT2D eigenvalue weighted by atomic mass is 31.2. The lowest BCUT2D eigenvalue weighted by atomic mass is 9.97. The quantitative estimate of drug-likeness (QED) is 0.299. The van der Waals surface area contributed by atoms with Crippen LogP contribution in [0.2, 0.25) is 0 Å². The summed E-state index contributed by atoms with van der Waals surface area (Å²) in [6.07, 6.45) is 0.0235. The molecule has 0 saturated heterocycles. The van der Waals surface area contributed by atoms with Crippen LogP contribution in [0.1, 0.15) is 18.1 Å². The predicted octanol–water partition coefficient (Wildman–Crippen LogP) is 3.90. The van der Waals surface area contributed by atoms with Crippen molar-refractivity contribution in [2.24, 2.45) is 11.7 Å². The van der Waals surface area contributed by atoms with Crippen LogP contribution in [-0.2, 0) is 27.0 Å². The van der Waals surface area contributed by atoms with Gasteiger partial charge in [-0.05, 0) is 42.0 Å². The largest absolute Gasteiger partial charge is 0.480 e. The maximum Gasteiger partial charge on any atom is 0.325 e. The van der Waals surface area contributed by atoms with E-state index in [2.05, 4.69) is 5.32 Å². The Morgan fingerprint density at radius 3 is 1.94 bits per heavy atom. The Bertz CT molecular complexity index is 1170. The second-order valence-corrected chi connectivity index (χ2v) is 11.3. The number of carboxylic acids is 1. The minimum atomic E-state index is -3.95. The van der Waals surface area contributed by atoms with Crippen molar-refractivity contribution in [1.82, 2.24) is 5.32 Å². The molecular formula is C27H31N2O5P. The van der Waals surface area contributed by atoms with E-state index in [1.807, 2.05) is 84.9 Å². The zero-order chi connectivity index (χ0) is 25.4. The van der Waals surface area contributed by atoms with Crippen LogP contribution >= 0.6 is 7.37 Å². The number of carboxylic acid groups (broad SMARTS) is 1. The van der Waals surface area contributed by atoms with E-state index in [0.717, 1.165) is 22.3 Å². The average Bonchev–Trinajstić information content (AvgIpc) is 2.85. The molecule has 7 nitrogen and oxygen atoms in total. The lowest BCUT2D eigenvalue weighted by Crippen LogP contribution is -2.43. The zero-order valence-electron chi connectivity index (χ0n) is 19.6. The summed E-state index contributed by atoms with van der Waals surface area (Å²) in [7, 11) is -3.95. The van der Waals surface area contributed by atoms with Crippen molar-refractivity contribution in [1.29, 1.82) is 0 Å². The number of aliphatic carboxylic acids is 1. The minimum absolute atomic E-state index is 0.176. The van der Waals surface area contributed by atoms with Crippen molar-refractivity contribution < 1.29 is 24.2 Å². The summed E-state index contributed by atoms with van der Waals surface area (Å²) in [5.74, 6) is -3.74. The smallest absolute Gasteiger partial charge is 0.325 e. The maximum atomic E-state index is 13.2. The summed E-state index contributed by atoms with van der Waals surface area (Å²) in [4.78, 5) is 35.0.